The third-order valence-corrected chi connectivity index (χ3v) is 4.73. The van der Waals surface area contributed by atoms with Crippen LogP contribution in [0, 0.1) is 22.7 Å². The molecule has 0 N–H and O–H groups in total. The molecule has 0 aliphatic carbocycles. The minimum atomic E-state index is 0.447. The first kappa shape index (κ1) is 14.0. The van der Waals surface area contributed by atoms with Gasteiger partial charge in [0.25, 0.3) is 0 Å². The van der Waals surface area contributed by atoms with E-state index < -0.39 is 0 Å². The summed E-state index contributed by atoms with van der Waals surface area (Å²) in [7, 11) is 0. The average Bonchev–Trinajstić information content (AvgIpc) is 2.01. The molecule has 0 radical (unpaired) electrons. The van der Waals surface area contributed by atoms with E-state index in [1.165, 1.54) is 12.8 Å². The van der Waals surface area contributed by atoms with Crippen LogP contribution < -0.4 is 0 Å². The molecule has 0 aromatic carbocycles. The molecule has 0 atom stereocenters. The van der Waals surface area contributed by atoms with Crippen molar-refractivity contribution in [1.82, 2.24) is 0 Å². The minimum Gasteiger partial charge on any atom is -0.0654 e. The Balaban J connectivity index is 4.99. The van der Waals surface area contributed by atoms with E-state index in [-0.39, 0.29) is 0 Å². The molecule has 0 heterocycles. The highest BCUT2D eigenvalue weighted by molar-refractivity contribution is 4.93. The molecule has 0 unspecified atom stereocenters. The van der Waals surface area contributed by atoms with Crippen LogP contribution in [0.2, 0.25) is 0 Å². The van der Waals surface area contributed by atoms with Gasteiger partial charge < -0.3 is 0 Å². The maximum atomic E-state index is 2.47. The smallest absolute Gasteiger partial charge is 0.0228 e. The van der Waals surface area contributed by atoms with Crippen LogP contribution in [0.5, 0.6) is 0 Å². The zero-order valence-corrected chi connectivity index (χ0v) is 11.6. The summed E-state index contributed by atoms with van der Waals surface area (Å²) >= 11 is 0. The van der Waals surface area contributed by atoms with Crippen LogP contribution in [0.4, 0.5) is 0 Å². The van der Waals surface area contributed by atoms with Gasteiger partial charge in [0.05, 0.1) is 0 Å². The lowest BCUT2D eigenvalue weighted by Gasteiger charge is -2.51. The SMILES string of the molecule is CCCC(C)(C)C(C)(C(C)C)C(C)C. The van der Waals surface area contributed by atoms with E-state index in [1.54, 1.807) is 0 Å². The normalized spacial score (nSPS) is 14.1. The van der Waals surface area contributed by atoms with Crippen LogP contribution in [0.25, 0.3) is 0 Å². The lowest BCUT2D eigenvalue weighted by atomic mass is 9.54. The summed E-state index contributed by atoms with van der Waals surface area (Å²) in [5, 5.41) is 0. The Labute approximate surface area is 91.5 Å². The highest BCUT2D eigenvalue weighted by atomic mass is 14.5. The fourth-order valence-electron chi connectivity index (χ4n) is 3.12. The van der Waals surface area contributed by atoms with E-state index in [1.807, 2.05) is 0 Å². The monoisotopic (exact) mass is 198 g/mol. The molecule has 0 spiro atoms. The van der Waals surface area contributed by atoms with Gasteiger partial charge in [-0.25, -0.2) is 0 Å². The Morgan fingerprint density at radius 3 is 1.43 bits per heavy atom. The van der Waals surface area contributed by atoms with Crippen molar-refractivity contribution in [2.24, 2.45) is 22.7 Å². The summed E-state index contributed by atoms with van der Waals surface area (Å²) in [4.78, 5) is 0. The van der Waals surface area contributed by atoms with Gasteiger partial charge in [-0.3, -0.25) is 0 Å². The van der Waals surface area contributed by atoms with Gasteiger partial charge >= 0.3 is 0 Å². The van der Waals surface area contributed by atoms with Gasteiger partial charge in [0, 0.05) is 0 Å². The maximum Gasteiger partial charge on any atom is -0.0228 e. The van der Waals surface area contributed by atoms with Crippen molar-refractivity contribution in [3.63, 3.8) is 0 Å². The van der Waals surface area contributed by atoms with Gasteiger partial charge in [0.2, 0.25) is 0 Å². The van der Waals surface area contributed by atoms with Gasteiger partial charge in [-0.2, -0.15) is 0 Å². The van der Waals surface area contributed by atoms with Crippen molar-refractivity contribution in [2.75, 3.05) is 0 Å². The molecule has 0 amide bonds. The summed E-state index contributed by atoms with van der Waals surface area (Å²) < 4.78 is 0. The number of rotatable bonds is 5. The predicted octanol–water partition coefficient (Wildman–Crippen LogP) is 5.13. The van der Waals surface area contributed by atoms with Crippen molar-refractivity contribution in [2.45, 2.75) is 68.2 Å². The third-order valence-electron chi connectivity index (χ3n) is 4.73. The van der Waals surface area contributed by atoms with Crippen molar-refractivity contribution in [3.8, 4) is 0 Å². The van der Waals surface area contributed by atoms with Crippen molar-refractivity contribution >= 4 is 0 Å². The second-order valence-electron chi connectivity index (χ2n) is 6.23. The molecular formula is C14H30. The predicted molar refractivity (Wildman–Crippen MR) is 66.5 cm³/mol. The summed E-state index contributed by atoms with van der Waals surface area (Å²) in [5.74, 6) is 1.51. The Morgan fingerprint density at radius 1 is 0.857 bits per heavy atom. The quantitative estimate of drug-likeness (QED) is 0.574. The minimum absolute atomic E-state index is 0.447. The first-order valence-electron chi connectivity index (χ1n) is 6.20. The molecule has 0 saturated heterocycles. The van der Waals surface area contributed by atoms with E-state index in [0.29, 0.717) is 10.8 Å². The van der Waals surface area contributed by atoms with Crippen LogP contribution >= 0.6 is 0 Å². The summed E-state index contributed by atoms with van der Waals surface area (Å²) in [5.41, 5.74) is 0.896. The van der Waals surface area contributed by atoms with Crippen molar-refractivity contribution in [1.29, 1.82) is 0 Å². The molecule has 86 valence electrons. The molecule has 0 aliphatic heterocycles. The van der Waals surface area contributed by atoms with Crippen LogP contribution in [0.15, 0.2) is 0 Å². The first-order chi connectivity index (χ1) is 6.20. The van der Waals surface area contributed by atoms with Crippen LogP contribution in [0.3, 0.4) is 0 Å². The standard InChI is InChI=1S/C14H30/c1-9-10-13(6,7)14(8,11(2)3)12(4)5/h11-12H,9-10H2,1-8H3. The molecule has 14 heavy (non-hydrogen) atoms. The van der Waals surface area contributed by atoms with E-state index in [2.05, 4.69) is 55.4 Å². The van der Waals surface area contributed by atoms with Crippen LogP contribution in [0.1, 0.15) is 68.2 Å². The van der Waals surface area contributed by atoms with Crippen LogP contribution in [-0.2, 0) is 0 Å². The van der Waals surface area contributed by atoms with E-state index >= 15 is 0 Å². The summed E-state index contributed by atoms with van der Waals surface area (Å²) in [6.45, 7) is 19.1. The summed E-state index contributed by atoms with van der Waals surface area (Å²) in [6.07, 6.45) is 2.63. The molecule has 0 nitrogen and oxygen atoms in total. The Morgan fingerprint density at radius 2 is 1.21 bits per heavy atom. The molecule has 0 saturated carbocycles. The Bertz CT molecular complexity index is 155. The van der Waals surface area contributed by atoms with E-state index in [4.69, 9.17) is 0 Å². The maximum absolute atomic E-state index is 2.47. The van der Waals surface area contributed by atoms with Crippen molar-refractivity contribution in [3.05, 3.63) is 0 Å². The zero-order chi connectivity index (χ0) is 11.6. The lowest BCUT2D eigenvalue weighted by molar-refractivity contribution is -0.0186. The highest BCUT2D eigenvalue weighted by Gasteiger charge is 2.44. The number of hydrogen-bond donors (Lipinski definition) is 0. The molecule has 0 bridgehead atoms. The molecule has 0 aromatic rings. The summed E-state index contributed by atoms with van der Waals surface area (Å²) in [6, 6.07) is 0. The molecule has 0 heteroatoms. The second-order valence-corrected chi connectivity index (χ2v) is 6.23. The van der Waals surface area contributed by atoms with Gasteiger partial charge in [-0.15, -0.1) is 0 Å². The molecular weight excluding hydrogens is 168 g/mol. The van der Waals surface area contributed by atoms with E-state index in [9.17, 15) is 0 Å². The van der Waals surface area contributed by atoms with Crippen LogP contribution in [-0.4, -0.2) is 0 Å². The first-order valence-corrected chi connectivity index (χ1v) is 6.20. The van der Waals surface area contributed by atoms with Gasteiger partial charge in [0.15, 0.2) is 0 Å². The van der Waals surface area contributed by atoms with Crippen molar-refractivity contribution < 1.29 is 0 Å². The second kappa shape index (κ2) is 4.68. The highest BCUT2D eigenvalue weighted by Crippen LogP contribution is 2.52. The largest absolute Gasteiger partial charge is 0.0654 e. The molecule has 0 aliphatic rings. The molecule has 0 aromatic heterocycles. The average molecular weight is 198 g/mol. The third kappa shape index (κ3) is 2.32. The molecule has 0 fully saturated rings. The molecule has 0 rings (SSSR count). The van der Waals surface area contributed by atoms with Gasteiger partial charge in [-0.05, 0) is 29.1 Å². The Hall–Kier alpha value is 0. The fraction of sp³-hybridized carbons (Fsp3) is 1.00. The Kier molecular flexibility index (Phi) is 4.68. The van der Waals surface area contributed by atoms with Gasteiger partial charge in [-0.1, -0.05) is 61.8 Å². The fourth-order valence-corrected chi connectivity index (χ4v) is 3.12. The lowest BCUT2D eigenvalue weighted by Crippen LogP contribution is -2.43. The van der Waals surface area contributed by atoms with Gasteiger partial charge in [0.1, 0.15) is 0 Å². The topological polar surface area (TPSA) is 0 Å². The zero-order valence-electron chi connectivity index (χ0n) is 11.6. The van der Waals surface area contributed by atoms with E-state index in [0.717, 1.165) is 11.8 Å². The number of hydrogen-bond acceptors (Lipinski definition) is 0.